The van der Waals surface area contributed by atoms with E-state index >= 15 is 0 Å². The number of nitrogens with zero attached hydrogens (tertiary/aromatic N) is 4. The van der Waals surface area contributed by atoms with E-state index in [-0.39, 0.29) is 31.9 Å². The van der Waals surface area contributed by atoms with Gasteiger partial charge in [-0.05, 0) is 36.8 Å². The highest BCUT2D eigenvalue weighted by Gasteiger charge is 2.56. The van der Waals surface area contributed by atoms with E-state index in [2.05, 4.69) is 26.6 Å². The van der Waals surface area contributed by atoms with Crippen molar-refractivity contribution in [2.75, 3.05) is 19.8 Å². The van der Waals surface area contributed by atoms with Gasteiger partial charge < -0.3 is 44.0 Å². The lowest BCUT2D eigenvalue weighted by atomic mass is 9.93. The molecule has 1 unspecified atom stereocenters. The summed E-state index contributed by atoms with van der Waals surface area (Å²) in [7, 11) is 0. The maximum atomic E-state index is 14.4. The van der Waals surface area contributed by atoms with Gasteiger partial charge in [0.05, 0.1) is 6.04 Å². The predicted octanol–water partition coefficient (Wildman–Crippen LogP) is 2.10. The minimum atomic E-state index is -1.81. The van der Waals surface area contributed by atoms with E-state index in [1.807, 2.05) is 18.2 Å². The highest BCUT2D eigenvalue weighted by atomic mass is 16.7. The number of rotatable bonds is 18. The normalized spacial score (nSPS) is 20.5. The molecule has 1 aromatic carbocycles. The molecule has 1 saturated heterocycles. The number of hydrogen-bond donors (Lipinski definition) is 2. The molecule has 0 radical (unpaired) electrons. The molecule has 0 spiro atoms. The molecule has 19 nitrogen and oxygen atoms in total. The van der Waals surface area contributed by atoms with Gasteiger partial charge in [0.25, 0.3) is 0 Å². The zero-order valence-electron chi connectivity index (χ0n) is 31.8. The standard InChI is InChI=1S/C36H48N6O13/c1-9-15-50-36(49)39-27(17-26-13-11-10-12-14-26)18-38-33(47)28(16-20(2)3)42(34(48)21(4)40-41-37)35-32(54-25(8)46)31(53-24(7)45)30(52-23(6)44)29(55-35)19-51-22(5)43/h1,10-14,20-21,27-32,35H,15-19H2,2-8H3,(H,38,47)(H,39,49)/t21-,27-,28?,29+,30+,31-,32+,35+/m0/s1. The highest BCUT2D eigenvalue weighted by Crippen LogP contribution is 2.33. The third-order valence-corrected chi connectivity index (χ3v) is 7.87. The van der Waals surface area contributed by atoms with Crippen molar-refractivity contribution in [3.8, 4) is 12.3 Å². The second kappa shape index (κ2) is 22.4. The average molecular weight is 773 g/mol. The molecular weight excluding hydrogens is 724 g/mol. The second-order valence-corrected chi connectivity index (χ2v) is 12.9. The minimum Gasteiger partial charge on any atom is -0.463 e. The Kier molecular flexibility index (Phi) is 18.4. The van der Waals surface area contributed by atoms with Crippen LogP contribution in [-0.2, 0) is 63.6 Å². The molecule has 1 aliphatic rings. The van der Waals surface area contributed by atoms with Crippen molar-refractivity contribution in [1.82, 2.24) is 15.5 Å². The van der Waals surface area contributed by atoms with Crippen molar-refractivity contribution in [2.24, 2.45) is 11.0 Å². The summed E-state index contributed by atoms with van der Waals surface area (Å²) in [6.07, 6.45) is -3.72. The molecule has 1 heterocycles. The van der Waals surface area contributed by atoms with Crippen LogP contribution < -0.4 is 10.6 Å². The van der Waals surface area contributed by atoms with Crippen LogP contribution in [0.25, 0.3) is 10.4 Å². The number of carbonyl (C=O) groups excluding carboxylic acids is 7. The van der Waals surface area contributed by atoms with E-state index in [0.717, 1.165) is 38.2 Å². The Labute approximate surface area is 318 Å². The van der Waals surface area contributed by atoms with Crippen LogP contribution in [0.2, 0.25) is 0 Å². The molecule has 1 aliphatic heterocycles. The predicted molar refractivity (Wildman–Crippen MR) is 191 cm³/mol. The first-order chi connectivity index (χ1) is 26.0. The van der Waals surface area contributed by atoms with Gasteiger partial charge in [-0.15, -0.1) is 6.42 Å². The summed E-state index contributed by atoms with van der Waals surface area (Å²) in [5.74, 6) is -3.36. The number of benzene rings is 1. The lowest BCUT2D eigenvalue weighted by Gasteiger charge is -2.49. The number of azide groups is 1. The Morgan fingerprint density at radius 2 is 1.51 bits per heavy atom. The van der Waals surface area contributed by atoms with Crippen LogP contribution in [0.3, 0.4) is 0 Å². The van der Waals surface area contributed by atoms with Crippen molar-refractivity contribution in [1.29, 1.82) is 0 Å². The third-order valence-electron chi connectivity index (χ3n) is 7.87. The maximum Gasteiger partial charge on any atom is 0.408 e. The number of hydrogen-bond acceptors (Lipinski definition) is 14. The molecule has 0 aromatic heterocycles. The lowest BCUT2D eigenvalue weighted by Crippen LogP contribution is -2.70. The summed E-state index contributed by atoms with van der Waals surface area (Å²) < 4.78 is 33.0. The Bertz CT molecular complexity index is 1610. The Hall–Kier alpha value is -5.86. The first-order valence-corrected chi connectivity index (χ1v) is 17.3. The van der Waals surface area contributed by atoms with Crippen molar-refractivity contribution in [3.63, 3.8) is 0 Å². The number of terminal acetylenes is 1. The molecule has 1 aromatic rings. The average Bonchev–Trinajstić information content (AvgIpc) is 3.10. The van der Waals surface area contributed by atoms with Gasteiger partial charge in [0.15, 0.2) is 31.1 Å². The first kappa shape index (κ1) is 45.3. The van der Waals surface area contributed by atoms with Gasteiger partial charge in [0.1, 0.15) is 24.8 Å². The SMILES string of the molecule is C#CCOC(=O)N[C@H](CNC(=O)C(CC(C)C)N(C(=O)[C@H](C)N=[N+]=[N-])[C@@H]1O[C@H](COC(C)=O)[C@@H](OC(C)=O)[C@H](OC(C)=O)[C@H]1OC(C)=O)Cc1ccccc1. The van der Waals surface area contributed by atoms with Crippen LogP contribution >= 0.6 is 0 Å². The number of ether oxygens (including phenoxy) is 6. The van der Waals surface area contributed by atoms with Gasteiger partial charge in [0, 0.05) is 39.2 Å². The summed E-state index contributed by atoms with van der Waals surface area (Å²) in [6.45, 7) is 7.88. The van der Waals surface area contributed by atoms with Crippen LogP contribution in [0.5, 0.6) is 0 Å². The van der Waals surface area contributed by atoms with Gasteiger partial charge in [-0.3, -0.25) is 28.8 Å². The molecule has 19 heteroatoms. The van der Waals surface area contributed by atoms with Crippen molar-refractivity contribution >= 4 is 41.8 Å². The summed E-state index contributed by atoms with van der Waals surface area (Å²) in [5.41, 5.74) is 10.1. The lowest BCUT2D eigenvalue weighted by molar-refractivity contribution is -0.279. The fraction of sp³-hybridized carbons (Fsp3) is 0.583. The fourth-order valence-corrected chi connectivity index (χ4v) is 5.75. The minimum absolute atomic E-state index is 0.0611. The molecular formula is C36H48N6O13. The quantitative estimate of drug-likeness (QED) is 0.0542. The van der Waals surface area contributed by atoms with Crippen molar-refractivity contribution in [2.45, 2.75) is 110 Å². The summed E-state index contributed by atoms with van der Waals surface area (Å²) in [6, 6.07) is 5.31. The molecule has 2 rings (SSSR count). The molecule has 1 fully saturated rings. The van der Waals surface area contributed by atoms with Gasteiger partial charge in [-0.2, -0.15) is 0 Å². The molecule has 0 aliphatic carbocycles. The van der Waals surface area contributed by atoms with E-state index in [0.29, 0.717) is 0 Å². The second-order valence-electron chi connectivity index (χ2n) is 12.9. The summed E-state index contributed by atoms with van der Waals surface area (Å²) in [4.78, 5) is 94.2. The van der Waals surface area contributed by atoms with Gasteiger partial charge in [-0.1, -0.05) is 55.2 Å². The Morgan fingerprint density at radius 1 is 0.909 bits per heavy atom. The zero-order chi connectivity index (χ0) is 41.2. The topological polar surface area (TPSA) is 251 Å². The smallest absolute Gasteiger partial charge is 0.408 e. The third kappa shape index (κ3) is 14.8. The van der Waals surface area contributed by atoms with Crippen molar-refractivity contribution < 1.29 is 62.0 Å². The van der Waals surface area contributed by atoms with Crippen LogP contribution in [-0.4, -0.2) is 115 Å². The Balaban J connectivity index is 2.76. The molecule has 2 N–H and O–H groups in total. The number of alkyl carbamates (subject to hydrolysis) is 1. The largest absolute Gasteiger partial charge is 0.463 e. The van der Waals surface area contributed by atoms with Crippen LogP contribution in [0.1, 0.15) is 60.5 Å². The van der Waals surface area contributed by atoms with E-state index in [1.54, 1.807) is 26.0 Å². The fourth-order valence-electron chi connectivity index (χ4n) is 5.75. The maximum absolute atomic E-state index is 14.4. The van der Waals surface area contributed by atoms with Crippen LogP contribution in [0.15, 0.2) is 35.4 Å². The van der Waals surface area contributed by atoms with Gasteiger partial charge in [0.2, 0.25) is 11.8 Å². The van der Waals surface area contributed by atoms with Gasteiger partial charge in [-0.25, -0.2) is 4.79 Å². The number of esters is 4. The van der Waals surface area contributed by atoms with E-state index in [9.17, 15) is 39.1 Å². The van der Waals surface area contributed by atoms with Crippen molar-refractivity contribution in [3.05, 3.63) is 46.3 Å². The van der Waals surface area contributed by atoms with Gasteiger partial charge >= 0.3 is 30.0 Å². The monoisotopic (exact) mass is 772 g/mol. The van der Waals surface area contributed by atoms with E-state index in [1.165, 1.54) is 6.92 Å². The van der Waals surface area contributed by atoms with E-state index < -0.39 is 97.2 Å². The number of nitrogens with one attached hydrogen (secondary N) is 2. The summed E-state index contributed by atoms with van der Waals surface area (Å²) >= 11 is 0. The molecule has 0 bridgehead atoms. The molecule has 3 amide bonds. The Morgan fingerprint density at radius 3 is 2.05 bits per heavy atom. The first-order valence-electron chi connectivity index (χ1n) is 17.3. The molecule has 0 saturated carbocycles. The van der Waals surface area contributed by atoms with Crippen LogP contribution in [0.4, 0.5) is 4.79 Å². The molecule has 300 valence electrons. The molecule has 55 heavy (non-hydrogen) atoms. The zero-order valence-corrected chi connectivity index (χ0v) is 31.8. The summed E-state index contributed by atoms with van der Waals surface area (Å²) in [5, 5.41) is 8.95. The number of amides is 3. The number of carbonyl (C=O) groups is 7. The molecule has 8 atom stereocenters. The van der Waals surface area contributed by atoms with Crippen LogP contribution in [0, 0.1) is 18.3 Å². The highest BCUT2D eigenvalue weighted by molar-refractivity contribution is 5.90. The van der Waals surface area contributed by atoms with E-state index in [4.69, 9.17) is 34.8 Å².